The number of nitrogens with one attached hydrogen (secondary N) is 1. The average molecular weight is 471 g/mol. The van der Waals surface area contributed by atoms with Crippen LogP contribution in [0.2, 0.25) is 0 Å². The van der Waals surface area contributed by atoms with Crippen LogP contribution in [0.1, 0.15) is 5.56 Å². The van der Waals surface area contributed by atoms with Gasteiger partial charge in [0.2, 0.25) is 21.1 Å². The van der Waals surface area contributed by atoms with Gasteiger partial charge in [-0.15, -0.1) is 10.2 Å². The van der Waals surface area contributed by atoms with E-state index in [2.05, 4.69) is 15.5 Å². The number of halogens is 2. The van der Waals surface area contributed by atoms with Crippen molar-refractivity contribution >= 4 is 49.8 Å². The van der Waals surface area contributed by atoms with Gasteiger partial charge in [-0.1, -0.05) is 53.4 Å². The first-order valence-corrected chi connectivity index (χ1v) is 12.1. The van der Waals surface area contributed by atoms with E-state index in [9.17, 15) is 22.0 Å². The van der Waals surface area contributed by atoms with Gasteiger partial charge in [0.05, 0.1) is 11.9 Å². The Kier molecular flexibility index (Phi) is 7.00. The molecule has 2 aromatic carbocycles. The van der Waals surface area contributed by atoms with E-state index >= 15 is 0 Å². The number of amides is 1. The molecule has 12 heteroatoms. The van der Waals surface area contributed by atoms with Crippen molar-refractivity contribution < 1.29 is 22.0 Å². The third-order valence-corrected chi connectivity index (χ3v) is 6.89. The van der Waals surface area contributed by atoms with Crippen LogP contribution in [0.5, 0.6) is 0 Å². The Bertz CT molecular complexity index is 1140. The topological polar surface area (TPSA) is 92.3 Å². The van der Waals surface area contributed by atoms with Gasteiger partial charge in [-0.25, -0.2) is 17.2 Å². The predicted molar refractivity (Wildman–Crippen MR) is 113 cm³/mol. The Morgan fingerprint density at radius 2 is 1.90 bits per heavy atom. The summed E-state index contributed by atoms with van der Waals surface area (Å²) in [5, 5.41) is 10.5. The van der Waals surface area contributed by atoms with Gasteiger partial charge in [0, 0.05) is 11.8 Å². The molecule has 0 aliphatic carbocycles. The Balaban J connectivity index is 1.65. The first-order valence-electron chi connectivity index (χ1n) is 8.45. The van der Waals surface area contributed by atoms with Crippen molar-refractivity contribution in [1.29, 1.82) is 0 Å². The summed E-state index contributed by atoms with van der Waals surface area (Å²) >= 11 is 2.58. The number of benzene rings is 2. The van der Waals surface area contributed by atoms with E-state index in [1.54, 1.807) is 0 Å². The van der Waals surface area contributed by atoms with E-state index in [4.69, 9.17) is 0 Å². The van der Waals surface area contributed by atoms with Crippen LogP contribution in [0.25, 0.3) is 0 Å². The molecule has 0 bridgehead atoms. The van der Waals surface area contributed by atoms with Crippen LogP contribution in [0.15, 0.2) is 52.9 Å². The molecular weight excluding hydrogens is 454 g/mol. The highest BCUT2D eigenvalue weighted by atomic mass is 32.2. The molecule has 158 valence electrons. The minimum absolute atomic E-state index is 0.184. The first kappa shape index (κ1) is 22.1. The quantitative estimate of drug-likeness (QED) is 0.400. The lowest BCUT2D eigenvalue weighted by molar-refractivity contribution is -0.114. The number of thioether (sulfide) groups is 1. The number of hydrogen-bond acceptors (Lipinski definition) is 7. The molecule has 3 rings (SSSR count). The van der Waals surface area contributed by atoms with Crippen LogP contribution < -0.4 is 9.62 Å². The summed E-state index contributed by atoms with van der Waals surface area (Å²) in [4.78, 5) is 12.3. The minimum atomic E-state index is -4.00. The van der Waals surface area contributed by atoms with E-state index in [0.717, 1.165) is 35.3 Å². The van der Waals surface area contributed by atoms with E-state index in [1.165, 1.54) is 11.8 Å². The third-order valence-electron chi connectivity index (χ3n) is 3.72. The average Bonchev–Trinajstić information content (AvgIpc) is 3.12. The molecule has 30 heavy (non-hydrogen) atoms. The normalized spacial score (nSPS) is 11.3. The lowest BCUT2D eigenvalue weighted by Gasteiger charge is -2.22. The fraction of sp³-hybridized carbons (Fsp3) is 0.167. The molecule has 0 aliphatic rings. The number of carbonyl (C=O) groups is 1. The van der Waals surface area contributed by atoms with Crippen LogP contribution >= 0.6 is 23.1 Å². The van der Waals surface area contributed by atoms with E-state index in [0.29, 0.717) is 20.5 Å². The first-order chi connectivity index (χ1) is 14.2. The summed E-state index contributed by atoms with van der Waals surface area (Å²) in [6, 6.07) is 12.2. The highest BCUT2D eigenvalue weighted by Gasteiger charge is 2.24. The van der Waals surface area contributed by atoms with Crippen molar-refractivity contribution in [2.24, 2.45) is 0 Å². The Morgan fingerprint density at radius 3 is 2.57 bits per heavy atom. The molecule has 0 atom stereocenters. The minimum Gasteiger partial charge on any atom is -0.299 e. The summed E-state index contributed by atoms with van der Waals surface area (Å²) < 4.78 is 52.4. The largest absolute Gasteiger partial charge is 0.299 e. The van der Waals surface area contributed by atoms with Crippen LogP contribution in [-0.4, -0.2) is 37.3 Å². The number of anilines is 2. The highest BCUT2D eigenvalue weighted by Crippen LogP contribution is 2.28. The monoisotopic (exact) mass is 470 g/mol. The molecule has 3 aromatic rings. The van der Waals surface area contributed by atoms with Crippen LogP contribution in [0.4, 0.5) is 19.6 Å². The summed E-state index contributed by atoms with van der Waals surface area (Å²) in [5.41, 5.74) is 0.679. The van der Waals surface area contributed by atoms with Crippen molar-refractivity contribution in [2.75, 3.05) is 22.4 Å². The molecule has 0 fully saturated rings. The number of carbonyl (C=O) groups excluding carboxylic acids is 1. The second-order valence-electron chi connectivity index (χ2n) is 6.06. The maximum atomic E-state index is 14.0. The van der Waals surface area contributed by atoms with Gasteiger partial charge in [0.25, 0.3) is 0 Å². The molecule has 0 saturated heterocycles. The molecule has 1 aromatic heterocycles. The fourth-order valence-electron chi connectivity index (χ4n) is 2.39. The predicted octanol–water partition coefficient (Wildman–Crippen LogP) is 3.51. The van der Waals surface area contributed by atoms with Crippen molar-refractivity contribution in [3.05, 3.63) is 65.7 Å². The van der Waals surface area contributed by atoms with Gasteiger partial charge in [0.15, 0.2) is 4.34 Å². The maximum Gasteiger partial charge on any atom is 0.246 e. The van der Waals surface area contributed by atoms with Gasteiger partial charge in [-0.05, 0) is 17.7 Å². The van der Waals surface area contributed by atoms with Gasteiger partial charge >= 0.3 is 0 Å². The van der Waals surface area contributed by atoms with Gasteiger partial charge < -0.3 is 0 Å². The van der Waals surface area contributed by atoms with Crippen molar-refractivity contribution in [3.8, 4) is 0 Å². The van der Waals surface area contributed by atoms with Crippen LogP contribution in [0.3, 0.4) is 0 Å². The molecule has 0 aliphatic heterocycles. The molecule has 0 spiro atoms. The molecule has 1 N–H and O–H groups in total. The summed E-state index contributed by atoms with van der Waals surface area (Å²) in [5.74, 6) is -2.01. The van der Waals surface area contributed by atoms with Gasteiger partial charge in [-0.3, -0.25) is 14.4 Å². The zero-order valence-electron chi connectivity index (χ0n) is 15.6. The van der Waals surface area contributed by atoms with Crippen molar-refractivity contribution in [2.45, 2.75) is 10.1 Å². The molecule has 0 saturated carbocycles. The number of rotatable bonds is 8. The van der Waals surface area contributed by atoms with E-state index < -0.39 is 39.8 Å². The molecule has 0 radical (unpaired) electrons. The lowest BCUT2D eigenvalue weighted by Crippen LogP contribution is -2.38. The fourth-order valence-corrected chi connectivity index (χ4v) is 4.97. The maximum absolute atomic E-state index is 14.0. The smallest absolute Gasteiger partial charge is 0.246 e. The Labute approximate surface area is 180 Å². The van der Waals surface area contributed by atoms with E-state index in [1.807, 2.05) is 30.3 Å². The van der Waals surface area contributed by atoms with Crippen LogP contribution in [-0.2, 0) is 20.6 Å². The number of hydrogen-bond donors (Lipinski definition) is 1. The molecule has 1 heterocycles. The second kappa shape index (κ2) is 9.49. The molecule has 7 nitrogen and oxygen atoms in total. The SMILES string of the molecule is CS(=O)(=O)N(CC(=O)Nc1nnc(SCc2ccccc2)s1)c1ccc(F)cc1F. The van der Waals surface area contributed by atoms with Gasteiger partial charge in [-0.2, -0.15) is 0 Å². The Morgan fingerprint density at radius 1 is 1.17 bits per heavy atom. The zero-order chi connectivity index (χ0) is 21.7. The van der Waals surface area contributed by atoms with E-state index in [-0.39, 0.29) is 5.13 Å². The molecule has 1 amide bonds. The molecule has 0 unspecified atom stereocenters. The van der Waals surface area contributed by atoms with Gasteiger partial charge in [0.1, 0.15) is 18.2 Å². The van der Waals surface area contributed by atoms with Crippen LogP contribution in [0, 0.1) is 11.6 Å². The Hall–Kier alpha value is -2.57. The summed E-state index contributed by atoms with van der Waals surface area (Å²) in [7, 11) is -4.00. The second-order valence-corrected chi connectivity index (χ2v) is 10.2. The zero-order valence-corrected chi connectivity index (χ0v) is 18.0. The summed E-state index contributed by atoms with van der Waals surface area (Å²) in [6.45, 7) is -0.701. The highest BCUT2D eigenvalue weighted by molar-refractivity contribution is 8.00. The number of aromatic nitrogens is 2. The molecular formula is C18H16F2N4O3S3. The lowest BCUT2D eigenvalue weighted by atomic mass is 10.2. The standard InChI is InChI=1S/C18H16F2N4O3S3/c1-30(26,27)24(15-8-7-13(19)9-14(15)20)10-16(25)21-17-22-23-18(29-17)28-11-12-5-3-2-4-6-12/h2-9H,10-11H2,1H3,(H,21,22,25). The summed E-state index contributed by atoms with van der Waals surface area (Å²) in [6.07, 6.45) is 0.826. The number of sulfonamides is 1. The third kappa shape index (κ3) is 5.97. The number of nitrogens with zero attached hydrogens (tertiary/aromatic N) is 3. The van der Waals surface area contributed by atoms with Crippen molar-refractivity contribution in [3.63, 3.8) is 0 Å². The van der Waals surface area contributed by atoms with Crippen molar-refractivity contribution in [1.82, 2.24) is 10.2 Å².